The van der Waals surface area contributed by atoms with Crippen molar-refractivity contribution in [1.82, 2.24) is 34.7 Å². The van der Waals surface area contributed by atoms with Gasteiger partial charge in [-0.25, -0.2) is 19.9 Å². The van der Waals surface area contributed by atoms with E-state index in [-0.39, 0.29) is 0 Å². The van der Waals surface area contributed by atoms with Crippen LogP contribution < -0.4 is 15.5 Å². The Labute approximate surface area is 239 Å². The number of fused-ring (bicyclic) bond motifs is 2. The van der Waals surface area contributed by atoms with Crippen molar-refractivity contribution in [2.75, 3.05) is 68.9 Å². The summed E-state index contributed by atoms with van der Waals surface area (Å²) < 4.78 is 0. The Kier molecular flexibility index (Phi) is 6.85. The molecule has 210 valence electrons. The molecule has 7 rings (SSSR count). The summed E-state index contributed by atoms with van der Waals surface area (Å²) >= 11 is 0. The van der Waals surface area contributed by atoms with Crippen molar-refractivity contribution < 1.29 is 0 Å². The van der Waals surface area contributed by atoms with Gasteiger partial charge in [0, 0.05) is 72.7 Å². The van der Waals surface area contributed by atoms with Gasteiger partial charge in [0.2, 0.25) is 0 Å². The second-order valence-electron chi connectivity index (χ2n) is 11.3. The minimum atomic E-state index is 0.420. The number of aromatic amines is 1. The molecule has 6 heterocycles. The highest BCUT2D eigenvalue weighted by atomic mass is 15.3. The highest BCUT2D eigenvalue weighted by Gasteiger charge is 2.19. The minimum absolute atomic E-state index is 0.420. The molecule has 4 aromatic heterocycles. The SMILES string of the molecule is CN1CCC(Nc2ncnc3ccc(-c4c[nH]c5ncc(Nc6ccnc(N7CCN(C)CC7)c6)cc45)cc23)CC1. The van der Waals surface area contributed by atoms with E-state index >= 15 is 0 Å². The molecule has 41 heavy (non-hydrogen) atoms. The maximum atomic E-state index is 4.72. The van der Waals surface area contributed by atoms with Gasteiger partial charge in [-0.15, -0.1) is 0 Å². The lowest BCUT2D eigenvalue weighted by Crippen LogP contribution is -2.44. The number of hydrogen-bond donors (Lipinski definition) is 3. The summed E-state index contributed by atoms with van der Waals surface area (Å²) in [6, 6.07) is 13.1. The first-order valence-electron chi connectivity index (χ1n) is 14.4. The van der Waals surface area contributed by atoms with Gasteiger partial charge in [-0.1, -0.05) is 6.07 Å². The Morgan fingerprint density at radius 3 is 2.49 bits per heavy atom. The van der Waals surface area contributed by atoms with E-state index in [2.05, 4.69) is 89.7 Å². The van der Waals surface area contributed by atoms with Crippen molar-refractivity contribution in [3.05, 3.63) is 61.3 Å². The van der Waals surface area contributed by atoms with Crippen LogP contribution in [0.25, 0.3) is 33.1 Å². The number of aromatic nitrogens is 5. The Balaban J connectivity index is 1.16. The molecule has 0 radical (unpaired) electrons. The molecular formula is C31H36N10. The number of rotatable bonds is 6. The Bertz CT molecular complexity index is 1660. The van der Waals surface area contributed by atoms with Crippen LogP contribution in [0.3, 0.4) is 0 Å². The monoisotopic (exact) mass is 548 g/mol. The third-order valence-corrected chi connectivity index (χ3v) is 8.40. The molecule has 10 heteroatoms. The van der Waals surface area contributed by atoms with E-state index in [0.717, 1.165) is 108 Å². The fraction of sp³-hybridized carbons (Fsp3) is 0.355. The standard InChI is InChI=1S/C31H36N10/c1-39-9-6-22(7-10-39)38-31-26-15-21(3-4-28(26)35-20-36-31)27-19-34-30-25(27)16-24(18-33-30)37-23-5-8-32-29(17-23)41-13-11-40(2)12-14-41/h3-5,8,15-20,22H,6-7,9-14H2,1-2H3,(H,32,37)(H,33,34)(H,35,36,38). The number of pyridine rings is 2. The number of hydrogen-bond acceptors (Lipinski definition) is 9. The number of nitrogens with zero attached hydrogens (tertiary/aromatic N) is 7. The lowest BCUT2D eigenvalue weighted by molar-refractivity contribution is 0.264. The predicted molar refractivity (Wildman–Crippen MR) is 166 cm³/mol. The number of nitrogens with one attached hydrogen (secondary N) is 3. The van der Waals surface area contributed by atoms with Crippen LogP contribution in [0, 0.1) is 0 Å². The molecule has 2 saturated heterocycles. The lowest BCUT2D eigenvalue weighted by atomic mass is 10.0. The van der Waals surface area contributed by atoms with E-state index in [9.17, 15) is 0 Å². The van der Waals surface area contributed by atoms with Gasteiger partial charge in [0.15, 0.2) is 0 Å². The van der Waals surface area contributed by atoms with Crippen LogP contribution in [0.4, 0.5) is 23.0 Å². The second kappa shape index (κ2) is 10.9. The molecule has 5 aromatic rings. The van der Waals surface area contributed by atoms with Crippen molar-refractivity contribution in [3.8, 4) is 11.1 Å². The fourth-order valence-corrected chi connectivity index (χ4v) is 5.87. The third-order valence-electron chi connectivity index (χ3n) is 8.40. The first-order valence-corrected chi connectivity index (χ1v) is 14.4. The average Bonchev–Trinajstić information content (AvgIpc) is 3.42. The van der Waals surface area contributed by atoms with E-state index in [1.54, 1.807) is 6.33 Å². The molecule has 0 amide bonds. The average molecular weight is 549 g/mol. The second-order valence-corrected chi connectivity index (χ2v) is 11.3. The molecule has 2 fully saturated rings. The number of piperazine rings is 1. The lowest BCUT2D eigenvalue weighted by Gasteiger charge is -2.33. The van der Waals surface area contributed by atoms with E-state index in [1.807, 2.05) is 24.7 Å². The summed E-state index contributed by atoms with van der Waals surface area (Å²) in [5.74, 6) is 1.91. The molecule has 3 N–H and O–H groups in total. The number of anilines is 4. The van der Waals surface area contributed by atoms with Gasteiger partial charge in [0.05, 0.1) is 17.4 Å². The molecule has 2 aliphatic rings. The van der Waals surface area contributed by atoms with Crippen LogP contribution in [0.15, 0.2) is 61.3 Å². The molecule has 0 bridgehead atoms. The normalized spacial score (nSPS) is 17.4. The van der Waals surface area contributed by atoms with Crippen molar-refractivity contribution in [3.63, 3.8) is 0 Å². The fourth-order valence-electron chi connectivity index (χ4n) is 5.87. The summed E-state index contributed by atoms with van der Waals surface area (Å²) in [6.45, 7) is 6.26. The number of H-pyrrole nitrogens is 1. The molecular weight excluding hydrogens is 512 g/mol. The number of piperidine rings is 1. The van der Waals surface area contributed by atoms with E-state index < -0.39 is 0 Å². The number of likely N-dealkylation sites (tertiary alicyclic amines) is 1. The first kappa shape index (κ1) is 25.7. The summed E-state index contributed by atoms with van der Waals surface area (Å²) in [4.78, 5) is 28.9. The van der Waals surface area contributed by atoms with Gasteiger partial charge in [0.1, 0.15) is 23.6 Å². The maximum Gasteiger partial charge on any atom is 0.138 e. The van der Waals surface area contributed by atoms with Crippen LogP contribution in [0.5, 0.6) is 0 Å². The molecule has 0 spiro atoms. The van der Waals surface area contributed by atoms with Gasteiger partial charge in [-0.05, 0) is 69.9 Å². The van der Waals surface area contributed by atoms with Crippen LogP contribution in [0.2, 0.25) is 0 Å². The minimum Gasteiger partial charge on any atom is -0.367 e. The Morgan fingerprint density at radius 1 is 0.805 bits per heavy atom. The predicted octanol–water partition coefficient (Wildman–Crippen LogP) is 4.57. The van der Waals surface area contributed by atoms with E-state index in [1.165, 1.54) is 0 Å². The van der Waals surface area contributed by atoms with Gasteiger partial charge in [-0.3, -0.25) is 0 Å². The van der Waals surface area contributed by atoms with Crippen LogP contribution in [-0.2, 0) is 0 Å². The van der Waals surface area contributed by atoms with Crippen LogP contribution in [-0.4, -0.2) is 94.1 Å². The largest absolute Gasteiger partial charge is 0.367 e. The zero-order chi connectivity index (χ0) is 27.8. The topological polar surface area (TPSA) is 101 Å². The smallest absolute Gasteiger partial charge is 0.138 e. The molecule has 10 nitrogen and oxygen atoms in total. The van der Waals surface area contributed by atoms with Crippen molar-refractivity contribution in [1.29, 1.82) is 0 Å². The van der Waals surface area contributed by atoms with Crippen LogP contribution >= 0.6 is 0 Å². The van der Waals surface area contributed by atoms with E-state index in [0.29, 0.717) is 6.04 Å². The summed E-state index contributed by atoms with van der Waals surface area (Å²) in [7, 11) is 4.35. The Hall–Kier alpha value is -4.28. The highest BCUT2D eigenvalue weighted by molar-refractivity contribution is 5.99. The number of likely N-dealkylation sites (N-methyl/N-ethyl adjacent to an activating group) is 1. The quantitative estimate of drug-likeness (QED) is 0.282. The van der Waals surface area contributed by atoms with Gasteiger partial charge < -0.3 is 30.3 Å². The highest BCUT2D eigenvalue weighted by Crippen LogP contribution is 2.33. The van der Waals surface area contributed by atoms with E-state index in [4.69, 9.17) is 4.98 Å². The zero-order valence-electron chi connectivity index (χ0n) is 23.6. The van der Waals surface area contributed by atoms with Gasteiger partial charge >= 0.3 is 0 Å². The zero-order valence-corrected chi connectivity index (χ0v) is 23.6. The molecule has 1 aromatic carbocycles. The first-order chi connectivity index (χ1) is 20.1. The third kappa shape index (κ3) is 5.40. The maximum absolute atomic E-state index is 4.72. The summed E-state index contributed by atoms with van der Waals surface area (Å²) in [6.07, 6.45) is 9.66. The molecule has 0 unspecified atom stereocenters. The van der Waals surface area contributed by atoms with Crippen molar-refractivity contribution in [2.45, 2.75) is 18.9 Å². The Morgan fingerprint density at radius 2 is 1.63 bits per heavy atom. The van der Waals surface area contributed by atoms with Crippen LogP contribution in [0.1, 0.15) is 12.8 Å². The summed E-state index contributed by atoms with van der Waals surface area (Å²) in [5, 5.41) is 9.35. The molecule has 0 aliphatic carbocycles. The summed E-state index contributed by atoms with van der Waals surface area (Å²) in [5.41, 5.74) is 5.92. The molecule has 0 atom stereocenters. The number of benzene rings is 1. The molecule has 2 aliphatic heterocycles. The van der Waals surface area contributed by atoms with Gasteiger partial charge in [-0.2, -0.15) is 0 Å². The van der Waals surface area contributed by atoms with Gasteiger partial charge in [0.25, 0.3) is 0 Å². The molecule has 0 saturated carbocycles. The van der Waals surface area contributed by atoms with Crippen molar-refractivity contribution >= 4 is 44.9 Å². The van der Waals surface area contributed by atoms with Crippen molar-refractivity contribution in [2.24, 2.45) is 0 Å².